The molecule has 0 N–H and O–H groups in total. The molecule has 0 aromatic heterocycles. The van der Waals surface area contributed by atoms with E-state index in [1.165, 1.54) is 0 Å². The van der Waals surface area contributed by atoms with Gasteiger partial charge < -0.3 is 0 Å². The van der Waals surface area contributed by atoms with Crippen molar-refractivity contribution in [3.63, 3.8) is 0 Å². The molecule has 0 unspecified atom stereocenters. The maximum absolute atomic E-state index is 0. The third-order valence-electron chi connectivity index (χ3n) is 0. The first-order valence-electron chi connectivity index (χ1n) is 0. The zero-order chi connectivity index (χ0) is 0. The van der Waals surface area contributed by atoms with Crippen molar-refractivity contribution in [1.29, 1.82) is 0 Å². The van der Waals surface area contributed by atoms with Crippen LogP contribution in [0.15, 0.2) is 0 Å². The van der Waals surface area contributed by atoms with Gasteiger partial charge in [0.15, 0.2) is 0 Å². The van der Waals surface area contributed by atoms with Crippen molar-refractivity contribution in [1.82, 2.24) is 0 Å². The molecule has 0 aliphatic rings. The van der Waals surface area contributed by atoms with E-state index >= 15 is 0 Å². The number of hydrogen-bond acceptors (Lipinski definition) is 0. The van der Waals surface area contributed by atoms with E-state index in [0.29, 0.717) is 0 Å². The summed E-state index contributed by atoms with van der Waals surface area (Å²) in [7, 11) is 0. The predicted octanol–water partition coefficient (Wildman–Crippen LogP) is -0.0125. The summed E-state index contributed by atoms with van der Waals surface area (Å²) in [6, 6.07) is 0. The molecule has 1 radical (unpaired) electrons. The Morgan fingerprint density at radius 1 is 1.00 bits per heavy atom. The summed E-state index contributed by atoms with van der Waals surface area (Å²) in [5, 5.41) is 0. The zero-order valence-electron chi connectivity index (χ0n) is 1.88. The van der Waals surface area contributed by atoms with Crippen molar-refractivity contribution in [3.05, 3.63) is 0 Å². The number of rotatable bonds is 0. The van der Waals surface area contributed by atoms with E-state index in [1.807, 2.05) is 0 Å². The Labute approximate surface area is 92.2 Å². The summed E-state index contributed by atoms with van der Waals surface area (Å²) in [4.78, 5) is 0. The van der Waals surface area contributed by atoms with Crippen molar-refractivity contribution in [2.75, 3.05) is 0 Å². The molecule has 0 fully saturated rings. The number of hydrogen-bond donors (Lipinski definition) is 0. The SMILES string of the molecule is [Cr].[Cu].[Fe].[Mo].[W]. The largest absolute Gasteiger partial charge is 0 e. The minimum absolute atomic E-state index is 0. The normalized spacial score (nSPS) is 0. The first kappa shape index (κ1) is 44.1. The van der Waals surface area contributed by atoms with Crippen LogP contribution in [0.4, 0.5) is 0 Å². The van der Waals surface area contributed by atoms with Crippen molar-refractivity contribution >= 4 is 0 Å². The quantitative estimate of drug-likeness (QED) is 0.455. The average Bonchev–Trinajstić information content (AvgIpc) is 0. The van der Waals surface area contributed by atoms with Gasteiger partial charge in [-0.05, 0) is 0 Å². The van der Waals surface area contributed by atoms with Crippen LogP contribution in [0.2, 0.25) is 0 Å². The third-order valence-corrected chi connectivity index (χ3v) is 0. The van der Waals surface area contributed by atoms with Gasteiger partial charge in [0.1, 0.15) is 0 Å². The molecule has 0 aromatic rings. The third kappa shape index (κ3) is 19.6. The Kier molecular flexibility index (Phi) is 250. The van der Waals surface area contributed by atoms with E-state index in [0.717, 1.165) is 0 Å². The van der Waals surface area contributed by atoms with Crippen LogP contribution in [0.3, 0.4) is 0 Å². The van der Waals surface area contributed by atoms with E-state index < -0.39 is 0 Å². The minimum atomic E-state index is 0. The minimum Gasteiger partial charge on any atom is 0 e. The molecule has 0 amide bonds. The Hall–Kier alpha value is 2.95. The van der Waals surface area contributed by atoms with Gasteiger partial charge in [0.05, 0.1) is 0 Å². The molecule has 0 heterocycles. The second-order valence-electron chi connectivity index (χ2n) is 0. The molecule has 0 aliphatic heterocycles. The van der Waals surface area contributed by atoms with Gasteiger partial charge in [-0.2, -0.15) is 0 Å². The van der Waals surface area contributed by atoms with Crippen molar-refractivity contribution < 1.29 is 93.6 Å². The molecule has 0 aromatic carbocycles. The van der Waals surface area contributed by atoms with Crippen LogP contribution in [0.1, 0.15) is 0 Å². The molecule has 0 saturated carbocycles. The molecule has 0 spiro atoms. The Bertz CT molecular complexity index is 11.6. The monoisotopic (exact) mass is 453 g/mol. The fourth-order valence-electron chi connectivity index (χ4n) is 0. The van der Waals surface area contributed by atoms with Gasteiger partial charge in [0.2, 0.25) is 0 Å². The van der Waals surface area contributed by atoms with E-state index in [2.05, 4.69) is 0 Å². The van der Waals surface area contributed by atoms with Crippen LogP contribution in [-0.2, 0) is 93.6 Å². The van der Waals surface area contributed by atoms with Crippen molar-refractivity contribution in [2.24, 2.45) is 0 Å². The molecular formula is CrCuFeMoW. The maximum atomic E-state index is 0. The van der Waals surface area contributed by atoms with Gasteiger partial charge >= 0.3 is 0 Å². The van der Waals surface area contributed by atoms with Crippen LogP contribution < -0.4 is 0 Å². The summed E-state index contributed by atoms with van der Waals surface area (Å²) < 4.78 is 0. The molecular weight excluding hydrogens is 451 g/mol. The van der Waals surface area contributed by atoms with Gasteiger partial charge in [-0.25, -0.2) is 0 Å². The second-order valence-corrected chi connectivity index (χ2v) is 0. The summed E-state index contributed by atoms with van der Waals surface area (Å²) in [5.41, 5.74) is 0. The Morgan fingerprint density at radius 2 is 1.00 bits per heavy atom. The molecule has 0 nitrogen and oxygen atoms in total. The fraction of sp³-hybridized carbons (Fsp3) is 0. The molecule has 0 saturated heterocycles. The van der Waals surface area contributed by atoms with Gasteiger partial charge in [-0.3, -0.25) is 0 Å². The van der Waals surface area contributed by atoms with E-state index in [9.17, 15) is 0 Å². The fourth-order valence-corrected chi connectivity index (χ4v) is 0. The Morgan fingerprint density at radius 3 is 1.00 bits per heavy atom. The summed E-state index contributed by atoms with van der Waals surface area (Å²) in [5.74, 6) is 0. The molecule has 0 rings (SSSR count). The van der Waals surface area contributed by atoms with Crippen molar-refractivity contribution in [2.45, 2.75) is 0 Å². The Balaban J connectivity index is 0. The standard InChI is InChI=1S/Cr.Cu.Fe.Mo.W. The molecule has 37 valence electrons. The average molecular weight is 451 g/mol. The summed E-state index contributed by atoms with van der Waals surface area (Å²) in [6.07, 6.45) is 0. The molecule has 0 bridgehead atoms. The smallest absolute Gasteiger partial charge is 0 e. The van der Waals surface area contributed by atoms with Crippen LogP contribution in [-0.4, -0.2) is 0 Å². The van der Waals surface area contributed by atoms with Crippen molar-refractivity contribution in [3.8, 4) is 0 Å². The van der Waals surface area contributed by atoms with E-state index in [1.54, 1.807) is 0 Å². The van der Waals surface area contributed by atoms with Crippen LogP contribution >= 0.6 is 0 Å². The molecule has 5 heteroatoms. The van der Waals surface area contributed by atoms with E-state index in [4.69, 9.17) is 0 Å². The summed E-state index contributed by atoms with van der Waals surface area (Å²) >= 11 is 0. The second kappa shape index (κ2) is 28.3. The summed E-state index contributed by atoms with van der Waals surface area (Å²) in [6.45, 7) is 0. The van der Waals surface area contributed by atoms with Crippen LogP contribution in [0.25, 0.3) is 0 Å². The van der Waals surface area contributed by atoms with Crippen LogP contribution in [0, 0.1) is 0 Å². The molecule has 0 aliphatic carbocycles. The van der Waals surface area contributed by atoms with E-state index in [-0.39, 0.29) is 93.6 Å². The molecule has 5 heavy (non-hydrogen) atoms. The van der Waals surface area contributed by atoms with Gasteiger partial charge in [0.25, 0.3) is 0 Å². The van der Waals surface area contributed by atoms with Crippen LogP contribution in [0.5, 0.6) is 0 Å². The first-order chi connectivity index (χ1) is 0. The topological polar surface area (TPSA) is 0 Å². The van der Waals surface area contributed by atoms with Gasteiger partial charge in [0, 0.05) is 93.6 Å². The maximum Gasteiger partial charge on any atom is 0 e. The first-order valence-corrected chi connectivity index (χ1v) is 0. The molecule has 0 atom stereocenters. The predicted molar refractivity (Wildman–Crippen MR) is 0 cm³/mol. The van der Waals surface area contributed by atoms with Gasteiger partial charge in [-0.1, -0.05) is 0 Å². The zero-order valence-corrected chi connectivity index (χ0v) is 10.1. The van der Waals surface area contributed by atoms with Gasteiger partial charge in [-0.15, -0.1) is 0 Å².